The third kappa shape index (κ3) is 10.5. The van der Waals surface area contributed by atoms with Crippen LogP contribution in [0.5, 0.6) is 0 Å². The van der Waals surface area contributed by atoms with E-state index in [1.165, 1.54) is 6.26 Å². The number of nitrogens with one attached hydrogen (secondary N) is 1. The van der Waals surface area contributed by atoms with E-state index in [9.17, 15) is 8.42 Å². The average molecular weight is 286 g/mol. The summed E-state index contributed by atoms with van der Waals surface area (Å²) in [6, 6.07) is 0. The molecule has 1 N–H and O–H groups in total. The lowest BCUT2D eigenvalue weighted by Crippen LogP contribution is -2.21. The molecule has 0 aliphatic carbocycles. The van der Waals surface area contributed by atoms with Crippen molar-refractivity contribution in [3.05, 3.63) is 0 Å². The van der Waals surface area contributed by atoms with Gasteiger partial charge in [0, 0.05) is 11.1 Å². The Morgan fingerprint density at radius 1 is 1.36 bits per heavy atom. The maximum Gasteiger partial charge on any atom is 0.147 e. The zero-order chi connectivity index (χ0) is 11.0. The van der Waals surface area contributed by atoms with E-state index in [0.29, 0.717) is 11.2 Å². The van der Waals surface area contributed by atoms with Crippen molar-refractivity contribution in [2.24, 2.45) is 0 Å². The summed E-state index contributed by atoms with van der Waals surface area (Å²) >= 11 is 3.54. The Morgan fingerprint density at radius 3 is 2.50 bits per heavy atom. The standard InChI is InChI=1S/C9H20BrNO2S/c1-3-9(10)5-7-11-6-4-8-14(2,12)13/h9,11H,3-8H2,1-2H3. The van der Waals surface area contributed by atoms with Gasteiger partial charge in [0.15, 0.2) is 0 Å². The van der Waals surface area contributed by atoms with Crippen molar-refractivity contribution in [1.82, 2.24) is 5.32 Å². The molecule has 0 amide bonds. The largest absolute Gasteiger partial charge is 0.317 e. The lowest BCUT2D eigenvalue weighted by atomic mass is 10.2. The van der Waals surface area contributed by atoms with Crippen LogP contribution in [0.25, 0.3) is 0 Å². The molecule has 0 spiro atoms. The Kier molecular flexibility index (Phi) is 7.86. The van der Waals surface area contributed by atoms with Crippen LogP contribution in [0.1, 0.15) is 26.2 Å². The fourth-order valence-electron chi connectivity index (χ4n) is 1.05. The van der Waals surface area contributed by atoms with E-state index in [1.807, 2.05) is 0 Å². The van der Waals surface area contributed by atoms with Gasteiger partial charge in [0.05, 0.1) is 5.75 Å². The molecule has 0 saturated heterocycles. The summed E-state index contributed by atoms with van der Waals surface area (Å²) in [7, 11) is -2.78. The highest BCUT2D eigenvalue weighted by molar-refractivity contribution is 9.09. The van der Waals surface area contributed by atoms with Gasteiger partial charge in [-0.05, 0) is 32.4 Å². The fraction of sp³-hybridized carbons (Fsp3) is 1.00. The van der Waals surface area contributed by atoms with Gasteiger partial charge in [-0.2, -0.15) is 0 Å². The van der Waals surface area contributed by atoms with Crippen LogP contribution in [0.4, 0.5) is 0 Å². The molecule has 0 bridgehead atoms. The summed E-state index contributed by atoms with van der Waals surface area (Å²) in [4.78, 5) is 0.574. The average Bonchev–Trinajstić information content (AvgIpc) is 2.08. The monoisotopic (exact) mass is 285 g/mol. The molecule has 1 unspecified atom stereocenters. The number of hydrogen-bond donors (Lipinski definition) is 1. The molecule has 86 valence electrons. The van der Waals surface area contributed by atoms with Gasteiger partial charge in [-0.3, -0.25) is 0 Å². The molecule has 0 radical (unpaired) electrons. The summed E-state index contributed by atoms with van der Waals surface area (Å²) < 4.78 is 21.6. The van der Waals surface area contributed by atoms with Crippen molar-refractivity contribution in [3.63, 3.8) is 0 Å². The van der Waals surface area contributed by atoms with E-state index in [4.69, 9.17) is 0 Å². The van der Waals surface area contributed by atoms with Gasteiger partial charge in [-0.25, -0.2) is 8.42 Å². The summed E-state index contributed by atoms with van der Waals surface area (Å²) in [6.07, 6.45) is 4.21. The van der Waals surface area contributed by atoms with Crippen LogP contribution in [0.2, 0.25) is 0 Å². The summed E-state index contributed by atoms with van der Waals surface area (Å²) in [6.45, 7) is 3.88. The number of sulfone groups is 1. The van der Waals surface area contributed by atoms with Crippen LogP contribution in [0.3, 0.4) is 0 Å². The highest BCUT2D eigenvalue weighted by Crippen LogP contribution is 2.07. The van der Waals surface area contributed by atoms with Gasteiger partial charge in [-0.15, -0.1) is 0 Å². The zero-order valence-electron chi connectivity index (χ0n) is 8.92. The van der Waals surface area contributed by atoms with Crippen molar-refractivity contribution in [3.8, 4) is 0 Å². The maximum atomic E-state index is 10.8. The number of alkyl halides is 1. The third-order valence-corrected chi connectivity index (χ3v) is 4.08. The van der Waals surface area contributed by atoms with Crippen LogP contribution < -0.4 is 5.32 Å². The van der Waals surface area contributed by atoms with Crippen molar-refractivity contribution in [2.45, 2.75) is 31.0 Å². The second kappa shape index (κ2) is 7.65. The van der Waals surface area contributed by atoms with E-state index >= 15 is 0 Å². The summed E-state index contributed by atoms with van der Waals surface area (Å²) in [5, 5.41) is 3.23. The molecule has 0 fully saturated rings. The van der Waals surface area contributed by atoms with E-state index < -0.39 is 9.84 Å². The molecule has 0 aromatic rings. The second-order valence-corrected chi connectivity index (χ2v) is 7.08. The van der Waals surface area contributed by atoms with Crippen molar-refractivity contribution >= 4 is 25.8 Å². The molecule has 0 saturated carbocycles. The van der Waals surface area contributed by atoms with Crippen molar-refractivity contribution < 1.29 is 8.42 Å². The SMILES string of the molecule is CCC(Br)CCNCCCS(C)(=O)=O. The minimum Gasteiger partial charge on any atom is -0.317 e. The van der Waals surface area contributed by atoms with Crippen LogP contribution in [0, 0.1) is 0 Å². The Balaban J connectivity index is 3.23. The predicted molar refractivity (Wildman–Crippen MR) is 64.8 cm³/mol. The lowest BCUT2D eigenvalue weighted by Gasteiger charge is -2.07. The maximum absolute atomic E-state index is 10.8. The Labute approximate surface area is 95.7 Å². The molecule has 1 atom stereocenters. The van der Waals surface area contributed by atoms with Gasteiger partial charge < -0.3 is 5.32 Å². The summed E-state index contributed by atoms with van der Waals surface area (Å²) in [5.74, 6) is 0.283. The lowest BCUT2D eigenvalue weighted by molar-refractivity contribution is 0.590. The quantitative estimate of drug-likeness (QED) is 0.544. The van der Waals surface area contributed by atoms with Crippen molar-refractivity contribution in [2.75, 3.05) is 25.1 Å². The minimum atomic E-state index is -2.78. The molecule has 0 aliphatic rings. The Bertz CT molecular complexity index is 229. The number of rotatable bonds is 8. The van der Waals surface area contributed by atoms with Crippen LogP contribution in [-0.2, 0) is 9.84 Å². The first-order chi connectivity index (χ1) is 6.45. The molecular weight excluding hydrogens is 266 g/mol. The minimum absolute atomic E-state index is 0.283. The van der Waals surface area contributed by atoms with Gasteiger partial charge in [0.1, 0.15) is 9.84 Å². The third-order valence-electron chi connectivity index (χ3n) is 1.95. The van der Waals surface area contributed by atoms with E-state index in [-0.39, 0.29) is 5.75 Å². The van der Waals surface area contributed by atoms with Crippen LogP contribution >= 0.6 is 15.9 Å². The molecule has 14 heavy (non-hydrogen) atoms. The van der Waals surface area contributed by atoms with E-state index in [1.54, 1.807) is 0 Å². The number of halogens is 1. The first-order valence-electron chi connectivity index (χ1n) is 4.98. The Morgan fingerprint density at radius 2 is 2.00 bits per heavy atom. The van der Waals surface area contributed by atoms with Gasteiger partial charge in [-0.1, -0.05) is 22.9 Å². The second-order valence-electron chi connectivity index (χ2n) is 3.53. The van der Waals surface area contributed by atoms with E-state index in [2.05, 4.69) is 28.2 Å². The Hall–Kier alpha value is 0.390. The normalized spacial score (nSPS) is 14.2. The molecule has 0 aromatic carbocycles. The van der Waals surface area contributed by atoms with E-state index in [0.717, 1.165) is 25.9 Å². The molecular formula is C9H20BrNO2S. The highest BCUT2D eigenvalue weighted by Gasteiger charge is 2.02. The molecule has 0 heterocycles. The zero-order valence-corrected chi connectivity index (χ0v) is 11.3. The first-order valence-corrected chi connectivity index (χ1v) is 7.96. The smallest absolute Gasteiger partial charge is 0.147 e. The van der Waals surface area contributed by atoms with Gasteiger partial charge in [0.2, 0.25) is 0 Å². The highest BCUT2D eigenvalue weighted by atomic mass is 79.9. The first kappa shape index (κ1) is 14.4. The summed E-state index contributed by atoms with van der Waals surface area (Å²) in [5.41, 5.74) is 0. The molecule has 3 nitrogen and oxygen atoms in total. The molecule has 0 aromatic heterocycles. The molecule has 0 aliphatic heterocycles. The predicted octanol–water partition coefficient (Wildman–Crippen LogP) is 1.57. The van der Waals surface area contributed by atoms with Gasteiger partial charge in [0.25, 0.3) is 0 Å². The molecule has 0 rings (SSSR count). The topological polar surface area (TPSA) is 46.2 Å². The van der Waals surface area contributed by atoms with Crippen LogP contribution in [0.15, 0.2) is 0 Å². The van der Waals surface area contributed by atoms with Crippen LogP contribution in [-0.4, -0.2) is 38.3 Å². The van der Waals surface area contributed by atoms with Crippen molar-refractivity contribution in [1.29, 1.82) is 0 Å². The number of hydrogen-bond acceptors (Lipinski definition) is 3. The molecule has 5 heteroatoms. The van der Waals surface area contributed by atoms with Gasteiger partial charge >= 0.3 is 0 Å². The fourth-order valence-corrected chi connectivity index (χ4v) is 1.94.